The molecule has 0 bridgehead atoms. The fraction of sp³-hybridized carbons (Fsp3) is 0.111. The Kier molecular flexibility index (Phi) is 4.12. The van der Waals surface area contributed by atoms with Crippen LogP contribution in [0, 0.1) is 6.92 Å². The largest absolute Gasteiger partial charge is 0.350 e. The van der Waals surface area contributed by atoms with Crippen molar-refractivity contribution in [1.29, 1.82) is 0 Å². The molecule has 2 amide bonds. The lowest BCUT2D eigenvalue weighted by molar-refractivity contribution is -0.136. The molecule has 2 heterocycles. The summed E-state index contributed by atoms with van der Waals surface area (Å²) in [6, 6.07) is 11.4. The summed E-state index contributed by atoms with van der Waals surface area (Å²) in [5.74, 6) is -0.602. The number of carbonyl (C=O) groups is 2. The van der Waals surface area contributed by atoms with Crippen molar-refractivity contribution in [3.05, 3.63) is 70.6 Å². The number of para-hydroxylation sites is 1. The monoisotopic (exact) mass is 324 g/mol. The zero-order valence-corrected chi connectivity index (χ0v) is 13.5. The average molecular weight is 324 g/mol. The molecule has 0 saturated carbocycles. The van der Waals surface area contributed by atoms with E-state index in [4.69, 9.17) is 0 Å². The van der Waals surface area contributed by atoms with Gasteiger partial charge in [0.25, 0.3) is 11.8 Å². The predicted octanol–water partition coefficient (Wildman–Crippen LogP) is 3.43. The molecule has 116 valence electrons. The van der Waals surface area contributed by atoms with Crippen LogP contribution >= 0.6 is 11.3 Å². The zero-order chi connectivity index (χ0) is 16.4. The van der Waals surface area contributed by atoms with Crippen LogP contribution in [-0.2, 0) is 9.59 Å². The molecule has 1 aromatic heterocycles. The van der Waals surface area contributed by atoms with Crippen molar-refractivity contribution in [3.63, 3.8) is 0 Å². The van der Waals surface area contributed by atoms with Gasteiger partial charge in [-0.2, -0.15) is 0 Å². The average Bonchev–Trinajstić information content (AvgIpc) is 3.13. The van der Waals surface area contributed by atoms with Crippen LogP contribution in [0.5, 0.6) is 0 Å². The number of hydrogen-bond acceptors (Lipinski definition) is 4. The maximum absolute atomic E-state index is 12.7. The Morgan fingerprint density at radius 1 is 1.17 bits per heavy atom. The third kappa shape index (κ3) is 2.71. The molecule has 3 rings (SSSR count). The number of rotatable bonds is 5. The minimum Gasteiger partial charge on any atom is -0.350 e. The van der Waals surface area contributed by atoms with Crippen LogP contribution < -0.4 is 5.32 Å². The van der Waals surface area contributed by atoms with Crippen molar-refractivity contribution in [1.82, 2.24) is 4.90 Å². The summed E-state index contributed by atoms with van der Waals surface area (Å²) in [7, 11) is 0. The van der Waals surface area contributed by atoms with Crippen molar-refractivity contribution < 1.29 is 9.59 Å². The van der Waals surface area contributed by atoms with Crippen LogP contribution in [0.3, 0.4) is 0 Å². The summed E-state index contributed by atoms with van der Waals surface area (Å²) in [6.07, 6.45) is 1.55. The molecule has 0 fully saturated rings. The molecule has 0 radical (unpaired) electrons. The van der Waals surface area contributed by atoms with Crippen molar-refractivity contribution in [2.45, 2.75) is 6.92 Å². The summed E-state index contributed by atoms with van der Waals surface area (Å²) in [6.45, 7) is 5.78. The van der Waals surface area contributed by atoms with Gasteiger partial charge < -0.3 is 5.32 Å². The van der Waals surface area contributed by atoms with E-state index in [1.54, 1.807) is 6.08 Å². The van der Waals surface area contributed by atoms with Crippen LogP contribution in [-0.4, -0.2) is 23.3 Å². The molecule has 23 heavy (non-hydrogen) atoms. The van der Waals surface area contributed by atoms with E-state index in [1.807, 2.05) is 48.7 Å². The van der Waals surface area contributed by atoms with Crippen molar-refractivity contribution >= 4 is 34.4 Å². The predicted molar refractivity (Wildman–Crippen MR) is 93.0 cm³/mol. The third-order valence-corrected chi connectivity index (χ3v) is 4.54. The lowest BCUT2D eigenvalue weighted by Gasteiger charge is -2.13. The molecule has 0 saturated heterocycles. The number of nitrogens with one attached hydrogen (secondary N) is 1. The van der Waals surface area contributed by atoms with E-state index in [2.05, 4.69) is 11.9 Å². The van der Waals surface area contributed by atoms with E-state index in [9.17, 15) is 9.59 Å². The molecule has 0 atom stereocenters. The normalized spacial score (nSPS) is 14.6. The smallest absolute Gasteiger partial charge is 0.278 e. The van der Waals surface area contributed by atoms with E-state index in [1.165, 1.54) is 16.2 Å². The number of imide groups is 1. The van der Waals surface area contributed by atoms with Crippen molar-refractivity contribution in [2.75, 3.05) is 11.9 Å². The Morgan fingerprint density at radius 3 is 2.61 bits per heavy atom. The number of thiophene rings is 1. The summed E-state index contributed by atoms with van der Waals surface area (Å²) in [5.41, 5.74) is 2.58. The molecule has 0 aliphatic carbocycles. The minimum absolute atomic E-state index is 0.200. The van der Waals surface area contributed by atoms with E-state index < -0.39 is 0 Å². The molecule has 4 nitrogen and oxygen atoms in total. The summed E-state index contributed by atoms with van der Waals surface area (Å²) in [4.78, 5) is 27.3. The van der Waals surface area contributed by atoms with Gasteiger partial charge in [0.2, 0.25) is 0 Å². The van der Waals surface area contributed by atoms with Gasteiger partial charge in [-0.15, -0.1) is 17.9 Å². The Balaban J connectivity index is 2.07. The SMILES string of the molecule is C=CCN1C(=O)C(Nc2ccccc2C)=C(c2cccs2)C1=O. The van der Waals surface area contributed by atoms with E-state index in [-0.39, 0.29) is 18.4 Å². The summed E-state index contributed by atoms with van der Waals surface area (Å²) in [5, 5.41) is 5.05. The van der Waals surface area contributed by atoms with Gasteiger partial charge in [-0.3, -0.25) is 14.5 Å². The van der Waals surface area contributed by atoms with E-state index in [0.717, 1.165) is 16.1 Å². The molecule has 1 aliphatic heterocycles. The van der Waals surface area contributed by atoms with Crippen molar-refractivity contribution in [2.24, 2.45) is 0 Å². The number of hydrogen-bond donors (Lipinski definition) is 1. The van der Waals surface area contributed by atoms with Gasteiger partial charge in [-0.1, -0.05) is 30.3 Å². The molecule has 2 aromatic rings. The summed E-state index contributed by atoms with van der Waals surface area (Å²) < 4.78 is 0. The second-order valence-electron chi connectivity index (χ2n) is 5.18. The molecule has 0 unspecified atom stereocenters. The van der Waals surface area contributed by atoms with Crippen LogP contribution in [0.1, 0.15) is 10.4 Å². The maximum atomic E-state index is 12.7. The second-order valence-corrected chi connectivity index (χ2v) is 6.12. The van der Waals surface area contributed by atoms with Crippen LogP contribution in [0.15, 0.2) is 60.1 Å². The maximum Gasteiger partial charge on any atom is 0.278 e. The first kappa shape index (κ1) is 15.2. The fourth-order valence-electron chi connectivity index (χ4n) is 2.48. The Morgan fingerprint density at radius 2 is 1.96 bits per heavy atom. The first-order valence-electron chi connectivity index (χ1n) is 7.21. The number of aryl methyl sites for hydroxylation is 1. The van der Waals surface area contributed by atoms with E-state index >= 15 is 0 Å². The standard InChI is InChI=1S/C18H16N2O2S/c1-3-10-20-17(21)15(14-9-6-11-23-14)16(18(20)22)19-13-8-5-4-7-12(13)2/h3-9,11,19H,1,10H2,2H3. The van der Waals surface area contributed by atoms with E-state index in [0.29, 0.717) is 11.3 Å². The third-order valence-electron chi connectivity index (χ3n) is 3.65. The molecule has 0 spiro atoms. The van der Waals surface area contributed by atoms with Gasteiger partial charge in [-0.05, 0) is 30.0 Å². The topological polar surface area (TPSA) is 49.4 Å². The van der Waals surface area contributed by atoms with Gasteiger partial charge in [0.05, 0.1) is 5.57 Å². The minimum atomic E-state index is -0.318. The van der Waals surface area contributed by atoms with Gasteiger partial charge in [0.15, 0.2) is 0 Å². The van der Waals surface area contributed by atoms with Crippen molar-refractivity contribution in [3.8, 4) is 0 Å². The van der Waals surface area contributed by atoms with Gasteiger partial charge in [0, 0.05) is 17.1 Å². The summed E-state index contributed by atoms with van der Waals surface area (Å²) >= 11 is 1.44. The number of carbonyl (C=O) groups excluding carboxylic acids is 2. The van der Waals surface area contributed by atoms with Gasteiger partial charge in [-0.25, -0.2) is 0 Å². The lowest BCUT2D eigenvalue weighted by atomic mass is 10.1. The Labute approximate surface area is 138 Å². The lowest BCUT2D eigenvalue weighted by Crippen LogP contribution is -2.32. The first-order valence-corrected chi connectivity index (χ1v) is 8.09. The molecule has 1 aromatic carbocycles. The molecular weight excluding hydrogens is 308 g/mol. The van der Waals surface area contributed by atoms with Crippen LogP contribution in [0.2, 0.25) is 0 Å². The fourth-order valence-corrected chi connectivity index (χ4v) is 3.25. The highest BCUT2D eigenvalue weighted by molar-refractivity contribution is 7.11. The highest BCUT2D eigenvalue weighted by Gasteiger charge is 2.39. The van der Waals surface area contributed by atoms with Gasteiger partial charge in [0.1, 0.15) is 5.70 Å². The molecule has 1 N–H and O–H groups in total. The number of benzene rings is 1. The van der Waals surface area contributed by atoms with Crippen LogP contribution in [0.25, 0.3) is 5.57 Å². The second kappa shape index (κ2) is 6.22. The number of anilines is 1. The highest BCUT2D eigenvalue weighted by atomic mass is 32.1. The van der Waals surface area contributed by atoms with Gasteiger partial charge >= 0.3 is 0 Å². The highest BCUT2D eigenvalue weighted by Crippen LogP contribution is 2.33. The molecular formula is C18H16N2O2S. The quantitative estimate of drug-likeness (QED) is 0.677. The zero-order valence-electron chi connectivity index (χ0n) is 12.7. The van der Waals surface area contributed by atoms with Crippen LogP contribution in [0.4, 0.5) is 5.69 Å². The number of nitrogens with zero attached hydrogens (tertiary/aromatic N) is 1. The molecule has 5 heteroatoms. The Hall–Kier alpha value is -2.66. The first-order chi connectivity index (χ1) is 11.1. The molecule has 1 aliphatic rings. The number of amides is 2. The Bertz CT molecular complexity index is 806.